The first-order valence-electron chi connectivity index (χ1n) is 3.40. The monoisotopic (exact) mass is 161 g/mol. The molecule has 0 atom stereocenters. The largest absolute Gasteiger partial charge is 0.344 e. The van der Waals surface area contributed by atoms with E-state index in [1.54, 1.807) is 0 Å². The summed E-state index contributed by atoms with van der Waals surface area (Å²) in [4.78, 5) is 0. The van der Waals surface area contributed by atoms with Crippen LogP contribution in [0.4, 0.5) is 0 Å². The molecule has 0 radical (unpaired) electrons. The molecular formula is C11H15N. The Balaban J connectivity index is 0.000000605. The number of benzene rings is 2. The predicted octanol–water partition coefficient (Wildman–Crippen LogP) is 3.64. The van der Waals surface area contributed by atoms with Crippen LogP contribution in [0.15, 0.2) is 48.5 Å². The van der Waals surface area contributed by atoms with E-state index in [2.05, 4.69) is 48.5 Å². The fourth-order valence-corrected chi connectivity index (χ4v) is 1.13. The maximum atomic E-state index is 2.12. The van der Waals surface area contributed by atoms with E-state index in [4.69, 9.17) is 0 Å². The van der Waals surface area contributed by atoms with Gasteiger partial charge in [0.15, 0.2) is 0 Å². The molecule has 2 aromatic rings. The molecule has 3 N–H and O–H groups in total. The lowest BCUT2D eigenvalue weighted by Gasteiger charge is -1.92. The minimum atomic E-state index is 0. The van der Waals surface area contributed by atoms with Gasteiger partial charge in [0, 0.05) is 0 Å². The van der Waals surface area contributed by atoms with Gasteiger partial charge in [-0.25, -0.2) is 0 Å². The Kier molecular flexibility index (Phi) is 4.02. The zero-order chi connectivity index (χ0) is 6.81. The Morgan fingerprint density at radius 3 is 1.08 bits per heavy atom. The molecule has 0 fully saturated rings. The summed E-state index contributed by atoms with van der Waals surface area (Å²) in [6.45, 7) is 0. The van der Waals surface area contributed by atoms with Crippen molar-refractivity contribution in [3.8, 4) is 0 Å². The molecule has 0 saturated carbocycles. The van der Waals surface area contributed by atoms with Gasteiger partial charge in [0.2, 0.25) is 0 Å². The molecule has 0 aliphatic heterocycles. The van der Waals surface area contributed by atoms with Crippen LogP contribution >= 0.6 is 0 Å². The van der Waals surface area contributed by atoms with Crippen molar-refractivity contribution in [2.75, 3.05) is 0 Å². The summed E-state index contributed by atoms with van der Waals surface area (Å²) in [6, 6.07) is 16.7. The van der Waals surface area contributed by atoms with Crippen molar-refractivity contribution in [1.29, 1.82) is 0 Å². The minimum Gasteiger partial charge on any atom is -0.344 e. The SMILES string of the molecule is C.N.c1ccc2ccccc2c1. The molecular weight excluding hydrogens is 146 g/mol. The Labute approximate surface area is 73.6 Å². The number of hydrogen-bond acceptors (Lipinski definition) is 1. The summed E-state index contributed by atoms with van der Waals surface area (Å²) in [5.41, 5.74) is 0. The second-order valence-electron chi connectivity index (χ2n) is 2.35. The fourth-order valence-electron chi connectivity index (χ4n) is 1.13. The lowest BCUT2D eigenvalue weighted by Crippen LogP contribution is -1.67. The van der Waals surface area contributed by atoms with E-state index < -0.39 is 0 Å². The maximum Gasteiger partial charge on any atom is -0.0184 e. The topological polar surface area (TPSA) is 35.0 Å². The third-order valence-corrected chi connectivity index (χ3v) is 1.66. The molecule has 0 amide bonds. The smallest absolute Gasteiger partial charge is 0.0184 e. The van der Waals surface area contributed by atoms with Gasteiger partial charge in [-0.1, -0.05) is 56.0 Å². The summed E-state index contributed by atoms with van der Waals surface area (Å²) in [7, 11) is 0. The van der Waals surface area contributed by atoms with Crippen LogP contribution in [-0.4, -0.2) is 0 Å². The third-order valence-electron chi connectivity index (χ3n) is 1.66. The van der Waals surface area contributed by atoms with Gasteiger partial charge in [-0.2, -0.15) is 0 Å². The van der Waals surface area contributed by atoms with Crippen LogP contribution in [0.5, 0.6) is 0 Å². The highest BCUT2D eigenvalue weighted by atomic mass is 14.0. The molecule has 0 unspecified atom stereocenters. The summed E-state index contributed by atoms with van der Waals surface area (Å²) in [5.74, 6) is 0. The summed E-state index contributed by atoms with van der Waals surface area (Å²) in [6.07, 6.45) is 0. The van der Waals surface area contributed by atoms with Crippen LogP contribution in [0.2, 0.25) is 0 Å². The first kappa shape index (κ1) is 10.7. The molecule has 2 aromatic carbocycles. The number of rotatable bonds is 0. The van der Waals surface area contributed by atoms with Crippen LogP contribution < -0.4 is 6.15 Å². The van der Waals surface area contributed by atoms with Crippen LogP contribution in [0, 0.1) is 0 Å². The minimum absolute atomic E-state index is 0. The molecule has 64 valence electrons. The van der Waals surface area contributed by atoms with Crippen molar-refractivity contribution in [2.45, 2.75) is 7.43 Å². The van der Waals surface area contributed by atoms with E-state index in [0.717, 1.165) is 0 Å². The molecule has 0 saturated heterocycles. The standard InChI is InChI=1S/C10H8.CH4.H3N/c1-2-6-10-8-4-3-7-9(10)5-1;;/h1-8H;1H4;1H3. The Hall–Kier alpha value is -1.34. The molecule has 2 rings (SSSR count). The van der Waals surface area contributed by atoms with Crippen molar-refractivity contribution < 1.29 is 0 Å². The average Bonchev–Trinajstić information content (AvgIpc) is 2.05. The number of fused-ring (bicyclic) bond motifs is 1. The average molecular weight is 161 g/mol. The van der Waals surface area contributed by atoms with E-state index in [9.17, 15) is 0 Å². The third kappa shape index (κ3) is 1.83. The molecule has 0 bridgehead atoms. The first-order chi connectivity index (χ1) is 4.97. The number of hydrogen-bond donors (Lipinski definition) is 1. The normalized spacial score (nSPS) is 8.33. The highest BCUT2D eigenvalue weighted by Gasteiger charge is 1.85. The second kappa shape index (κ2) is 4.52. The van der Waals surface area contributed by atoms with Gasteiger partial charge < -0.3 is 6.15 Å². The van der Waals surface area contributed by atoms with Gasteiger partial charge in [0.25, 0.3) is 0 Å². The van der Waals surface area contributed by atoms with Gasteiger partial charge in [-0.05, 0) is 10.8 Å². The molecule has 12 heavy (non-hydrogen) atoms. The van der Waals surface area contributed by atoms with E-state index in [0.29, 0.717) is 0 Å². The van der Waals surface area contributed by atoms with Crippen molar-refractivity contribution in [3.63, 3.8) is 0 Å². The molecule has 1 heteroatoms. The predicted molar refractivity (Wildman–Crippen MR) is 55.7 cm³/mol. The fraction of sp³-hybridized carbons (Fsp3) is 0.0909. The lowest BCUT2D eigenvalue weighted by molar-refractivity contribution is 1.75. The van der Waals surface area contributed by atoms with Gasteiger partial charge in [0.1, 0.15) is 0 Å². The summed E-state index contributed by atoms with van der Waals surface area (Å²) >= 11 is 0. The zero-order valence-corrected chi connectivity index (χ0v) is 6.33. The van der Waals surface area contributed by atoms with Crippen molar-refractivity contribution in [1.82, 2.24) is 6.15 Å². The Morgan fingerprint density at radius 2 is 0.833 bits per heavy atom. The van der Waals surface area contributed by atoms with E-state index in [1.165, 1.54) is 10.8 Å². The van der Waals surface area contributed by atoms with E-state index >= 15 is 0 Å². The van der Waals surface area contributed by atoms with Crippen molar-refractivity contribution in [3.05, 3.63) is 48.5 Å². The zero-order valence-electron chi connectivity index (χ0n) is 6.33. The molecule has 0 spiro atoms. The summed E-state index contributed by atoms with van der Waals surface area (Å²) in [5, 5.41) is 2.62. The van der Waals surface area contributed by atoms with Crippen LogP contribution in [-0.2, 0) is 0 Å². The Bertz CT molecular complexity index is 276. The van der Waals surface area contributed by atoms with Crippen molar-refractivity contribution >= 4 is 10.8 Å². The highest BCUT2D eigenvalue weighted by Crippen LogP contribution is 2.11. The first-order valence-corrected chi connectivity index (χ1v) is 3.40. The summed E-state index contributed by atoms with van der Waals surface area (Å²) < 4.78 is 0. The highest BCUT2D eigenvalue weighted by molar-refractivity contribution is 5.81. The quantitative estimate of drug-likeness (QED) is 0.629. The van der Waals surface area contributed by atoms with Crippen LogP contribution in [0.25, 0.3) is 10.8 Å². The van der Waals surface area contributed by atoms with Gasteiger partial charge in [0.05, 0.1) is 0 Å². The van der Waals surface area contributed by atoms with Crippen molar-refractivity contribution in [2.24, 2.45) is 0 Å². The molecule has 0 heterocycles. The molecule has 0 aromatic heterocycles. The molecule has 0 aliphatic carbocycles. The maximum absolute atomic E-state index is 2.12. The van der Waals surface area contributed by atoms with E-state index in [1.807, 2.05) is 0 Å². The van der Waals surface area contributed by atoms with Gasteiger partial charge >= 0.3 is 0 Å². The van der Waals surface area contributed by atoms with E-state index in [-0.39, 0.29) is 13.6 Å². The Morgan fingerprint density at radius 1 is 0.583 bits per heavy atom. The van der Waals surface area contributed by atoms with Gasteiger partial charge in [-0.3, -0.25) is 0 Å². The van der Waals surface area contributed by atoms with Gasteiger partial charge in [-0.15, -0.1) is 0 Å². The second-order valence-corrected chi connectivity index (χ2v) is 2.35. The molecule has 0 aliphatic rings. The lowest BCUT2D eigenvalue weighted by atomic mass is 10.1. The van der Waals surface area contributed by atoms with Crippen LogP contribution in [0.3, 0.4) is 0 Å². The molecule has 1 nitrogen and oxygen atoms in total. The van der Waals surface area contributed by atoms with Crippen LogP contribution in [0.1, 0.15) is 7.43 Å².